The van der Waals surface area contributed by atoms with Crippen LogP contribution in [0.2, 0.25) is 0 Å². The second-order valence-corrected chi connectivity index (χ2v) is 5.24. The van der Waals surface area contributed by atoms with Crippen molar-refractivity contribution in [2.75, 3.05) is 0 Å². The van der Waals surface area contributed by atoms with E-state index in [9.17, 15) is 0 Å². The second-order valence-electron chi connectivity index (χ2n) is 0.620. The zero-order valence-electron chi connectivity index (χ0n) is 3.82. The molecule has 0 saturated carbocycles. The van der Waals surface area contributed by atoms with Crippen LogP contribution in [0.4, 0.5) is 0 Å². The predicted octanol–water partition coefficient (Wildman–Crippen LogP) is 0.819. The molecule has 0 saturated heterocycles. The summed E-state index contributed by atoms with van der Waals surface area (Å²) < 4.78 is 0. The van der Waals surface area contributed by atoms with Gasteiger partial charge in [-0.1, -0.05) is 0 Å². The molecular formula is C2H5Cl2NaO2Zn. The van der Waals surface area contributed by atoms with Gasteiger partial charge in [-0.2, -0.15) is 0 Å². The summed E-state index contributed by atoms with van der Waals surface area (Å²) in [7, 11) is 9.90. The molecule has 0 heterocycles. The fourth-order valence-electron chi connectivity index (χ4n) is 0. The number of carboxylic acid groups (broad SMARTS) is 1. The third kappa shape index (κ3) is 122. The van der Waals surface area contributed by atoms with Crippen molar-refractivity contribution in [2.45, 2.75) is 6.92 Å². The van der Waals surface area contributed by atoms with Gasteiger partial charge in [0.1, 0.15) is 0 Å². The summed E-state index contributed by atoms with van der Waals surface area (Å²) in [5, 5.41) is 7.42. The van der Waals surface area contributed by atoms with E-state index in [0.717, 1.165) is 6.92 Å². The predicted molar refractivity (Wildman–Crippen MR) is 32.2 cm³/mol. The maximum absolute atomic E-state index is 9.00. The van der Waals surface area contributed by atoms with E-state index in [1.165, 1.54) is 0 Å². The zero-order valence-corrected chi connectivity index (χ0v) is 8.30. The molecule has 0 rings (SSSR count). The molecule has 0 fully saturated rings. The summed E-state index contributed by atoms with van der Waals surface area (Å²) in [6.07, 6.45) is 0. The Labute approximate surface area is 85.9 Å². The topological polar surface area (TPSA) is 37.3 Å². The maximum atomic E-state index is 9.00. The molecule has 0 amide bonds. The molecule has 0 radical (unpaired) electrons. The summed E-state index contributed by atoms with van der Waals surface area (Å²) in [6.45, 7) is 1.08. The molecule has 0 unspecified atom stereocenters. The van der Waals surface area contributed by atoms with Gasteiger partial charge in [0, 0.05) is 6.92 Å². The van der Waals surface area contributed by atoms with Crippen molar-refractivity contribution in [1.82, 2.24) is 0 Å². The van der Waals surface area contributed by atoms with Crippen molar-refractivity contribution < 1.29 is 25.0 Å². The molecule has 8 heavy (non-hydrogen) atoms. The summed E-state index contributed by atoms with van der Waals surface area (Å²) in [5.41, 5.74) is 0. The van der Waals surface area contributed by atoms with Crippen molar-refractivity contribution in [3.05, 3.63) is 0 Å². The Morgan fingerprint density at radius 1 is 1.62 bits per heavy atom. The number of halogens is 2. The van der Waals surface area contributed by atoms with E-state index in [4.69, 9.17) is 29.3 Å². The average molecular weight is 220 g/mol. The first-order chi connectivity index (χ1) is 3.15. The Hall–Kier alpha value is 1.67. The van der Waals surface area contributed by atoms with Gasteiger partial charge < -0.3 is 5.11 Å². The van der Waals surface area contributed by atoms with Crippen LogP contribution in [-0.4, -0.2) is 40.6 Å². The molecule has 0 bridgehead atoms. The van der Waals surface area contributed by atoms with Gasteiger partial charge in [-0.25, -0.2) is 0 Å². The van der Waals surface area contributed by atoms with Crippen LogP contribution < -0.4 is 0 Å². The van der Waals surface area contributed by atoms with E-state index in [1.807, 2.05) is 0 Å². The van der Waals surface area contributed by atoms with Crippen molar-refractivity contribution in [2.24, 2.45) is 0 Å². The second kappa shape index (κ2) is 15.9. The molecular weight excluding hydrogens is 215 g/mol. The van der Waals surface area contributed by atoms with E-state index in [2.05, 4.69) is 0 Å². The van der Waals surface area contributed by atoms with Crippen molar-refractivity contribution in [3.8, 4) is 0 Å². The van der Waals surface area contributed by atoms with Crippen LogP contribution in [0.1, 0.15) is 6.92 Å². The van der Waals surface area contributed by atoms with Crippen LogP contribution in [-0.2, 0) is 19.9 Å². The van der Waals surface area contributed by atoms with Gasteiger partial charge in [-0.15, -0.1) is 0 Å². The van der Waals surface area contributed by atoms with Crippen molar-refractivity contribution >= 4 is 54.9 Å². The molecule has 1 N–H and O–H groups in total. The minimum absolute atomic E-state index is 0. The number of hydrogen-bond acceptors (Lipinski definition) is 1. The van der Waals surface area contributed by atoms with Crippen LogP contribution in [0.3, 0.4) is 0 Å². The third-order valence-electron chi connectivity index (χ3n) is 0. The Bertz CT molecular complexity index is 49.3. The molecule has 0 aliphatic carbocycles. The monoisotopic (exact) mass is 218 g/mol. The van der Waals surface area contributed by atoms with E-state index in [1.54, 1.807) is 0 Å². The van der Waals surface area contributed by atoms with E-state index >= 15 is 0 Å². The standard InChI is InChI=1S/C2H4O2.2ClH.Na.Zn.H/c1-2(3)4;;;;;/h1H3,(H,3,4);2*1H;;;/q;;;;+2;/p-2. The van der Waals surface area contributed by atoms with Crippen LogP contribution >= 0.6 is 19.4 Å². The average Bonchev–Trinajstić information content (AvgIpc) is 1.33. The van der Waals surface area contributed by atoms with Gasteiger partial charge in [0.05, 0.1) is 0 Å². The molecule has 0 aromatic carbocycles. The van der Waals surface area contributed by atoms with Gasteiger partial charge in [0.2, 0.25) is 0 Å². The van der Waals surface area contributed by atoms with Gasteiger partial charge in [-0.3, -0.25) is 4.79 Å². The number of aliphatic carboxylic acids is 1. The SMILES string of the molecule is CC(=O)O.[Cl][Zn][Cl].[NaH]. The van der Waals surface area contributed by atoms with Gasteiger partial charge in [-0.05, 0) is 0 Å². The summed E-state index contributed by atoms with van der Waals surface area (Å²) >= 11 is -0.931. The molecule has 0 spiro atoms. The Balaban J connectivity index is -0.0000000575. The molecule has 2 nitrogen and oxygen atoms in total. The first kappa shape index (κ1) is 16.3. The number of hydrogen-bond donors (Lipinski definition) is 1. The first-order valence-electron chi connectivity index (χ1n) is 1.46. The molecule has 0 aromatic rings. The fraction of sp³-hybridized carbons (Fsp3) is 0.500. The van der Waals surface area contributed by atoms with E-state index in [0.29, 0.717) is 0 Å². The number of carboxylic acids is 1. The quantitative estimate of drug-likeness (QED) is 0.614. The molecule has 0 atom stereocenters. The summed E-state index contributed by atoms with van der Waals surface area (Å²) in [6, 6.07) is 0. The van der Waals surface area contributed by atoms with Gasteiger partial charge >= 0.3 is 64.1 Å². The van der Waals surface area contributed by atoms with Crippen LogP contribution in [0, 0.1) is 0 Å². The van der Waals surface area contributed by atoms with Crippen molar-refractivity contribution in [1.29, 1.82) is 0 Å². The Morgan fingerprint density at radius 3 is 1.62 bits per heavy atom. The Kier molecular flexibility index (Phi) is 32.4. The number of carbonyl (C=O) groups is 1. The molecule has 0 aromatic heterocycles. The third-order valence-corrected chi connectivity index (χ3v) is 0. The van der Waals surface area contributed by atoms with Crippen molar-refractivity contribution in [3.63, 3.8) is 0 Å². The minimum atomic E-state index is -0.931. The molecule has 42 valence electrons. The van der Waals surface area contributed by atoms with Crippen LogP contribution in [0.15, 0.2) is 0 Å². The summed E-state index contributed by atoms with van der Waals surface area (Å²) in [4.78, 5) is 9.00. The van der Waals surface area contributed by atoms with E-state index in [-0.39, 0.29) is 29.6 Å². The first-order valence-corrected chi connectivity index (χ1v) is 9.26. The normalized spacial score (nSPS) is 4.38. The van der Waals surface area contributed by atoms with Crippen LogP contribution in [0.5, 0.6) is 0 Å². The van der Waals surface area contributed by atoms with Gasteiger partial charge in [0.25, 0.3) is 5.97 Å². The summed E-state index contributed by atoms with van der Waals surface area (Å²) in [5.74, 6) is -0.833. The molecule has 0 aliphatic heterocycles. The van der Waals surface area contributed by atoms with Gasteiger partial charge in [0.15, 0.2) is 0 Å². The Morgan fingerprint density at radius 2 is 1.62 bits per heavy atom. The zero-order chi connectivity index (χ0) is 6.28. The number of rotatable bonds is 0. The fourth-order valence-corrected chi connectivity index (χ4v) is 0. The van der Waals surface area contributed by atoms with Crippen LogP contribution in [0.25, 0.3) is 0 Å². The molecule has 6 heteroatoms. The molecule has 0 aliphatic rings. The van der Waals surface area contributed by atoms with E-state index < -0.39 is 21.1 Å².